The molecule has 0 aliphatic heterocycles. The van der Waals surface area contributed by atoms with Crippen molar-refractivity contribution in [3.8, 4) is 0 Å². The van der Waals surface area contributed by atoms with Crippen LogP contribution in [0.25, 0.3) is 0 Å². The number of hydrogen-bond acceptors (Lipinski definition) is 3. The van der Waals surface area contributed by atoms with Gasteiger partial charge in [0.2, 0.25) is 0 Å². The second-order valence-electron chi connectivity index (χ2n) is 5.81. The van der Waals surface area contributed by atoms with Crippen molar-refractivity contribution >= 4 is 0 Å². The second-order valence-corrected chi connectivity index (χ2v) is 5.81. The largest absolute Gasteiger partial charge is 0.421 e. The molecule has 1 aliphatic carbocycles. The van der Waals surface area contributed by atoms with Crippen molar-refractivity contribution in [3.63, 3.8) is 0 Å². The molecule has 1 fully saturated rings. The minimum atomic E-state index is -4.80. The Bertz CT molecular complexity index is 812. The molecule has 24 heavy (non-hydrogen) atoms. The fraction of sp³-hybridized carbons (Fsp3) is 0.375. The molecule has 1 aromatic carbocycles. The first-order valence-corrected chi connectivity index (χ1v) is 7.38. The van der Waals surface area contributed by atoms with E-state index in [1.165, 1.54) is 18.2 Å². The van der Waals surface area contributed by atoms with E-state index in [1.807, 2.05) is 0 Å². The molecule has 1 N–H and O–H groups in total. The van der Waals surface area contributed by atoms with Gasteiger partial charge in [-0.1, -0.05) is 12.1 Å². The number of alkyl halides is 3. The van der Waals surface area contributed by atoms with Gasteiger partial charge in [0.25, 0.3) is 5.56 Å². The highest BCUT2D eigenvalue weighted by Gasteiger charge is 2.37. The van der Waals surface area contributed by atoms with Gasteiger partial charge in [-0.05, 0) is 36.6 Å². The van der Waals surface area contributed by atoms with E-state index >= 15 is 0 Å². The molecule has 0 radical (unpaired) electrons. The number of hydrogen-bond donors (Lipinski definition) is 1. The molecule has 0 saturated heterocycles. The first-order valence-electron chi connectivity index (χ1n) is 7.38. The Morgan fingerprint density at radius 2 is 2.00 bits per heavy atom. The van der Waals surface area contributed by atoms with Crippen molar-refractivity contribution in [2.45, 2.75) is 37.6 Å². The van der Waals surface area contributed by atoms with Gasteiger partial charge in [0.05, 0.1) is 18.3 Å². The van der Waals surface area contributed by atoms with Crippen LogP contribution >= 0.6 is 0 Å². The van der Waals surface area contributed by atoms with Crippen LogP contribution in [0.4, 0.5) is 17.6 Å². The van der Waals surface area contributed by atoms with E-state index in [1.54, 1.807) is 0 Å². The minimum Gasteiger partial charge on any atom is -0.386 e. The van der Waals surface area contributed by atoms with Gasteiger partial charge in [0.1, 0.15) is 11.4 Å². The van der Waals surface area contributed by atoms with E-state index in [0.29, 0.717) is 4.68 Å². The predicted molar refractivity (Wildman–Crippen MR) is 76.8 cm³/mol. The number of aliphatic hydroxyl groups excluding tert-OH is 1. The normalized spacial score (nSPS) is 16.2. The Kier molecular flexibility index (Phi) is 4.16. The topological polar surface area (TPSA) is 55.1 Å². The summed E-state index contributed by atoms with van der Waals surface area (Å²) in [6.07, 6.45) is -4.71. The van der Waals surface area contributed by atoms with Crippen molar-refractivity contribution in [2.75, 3.05) is 0 Å². The summed E-state index contributed by atoms with van der Waals surface area (Å²) in [6, 6.07) is 5.81. The summed E-state index contributed by atoms with van der Waals surface area (Å²) < 4.78 is 53.0. The van der Waals surface area contributed by atoms with Crippen LogP contribution in [0.15, 0.2) is 35.1 Å². The molecule has 1 aromatic heterocycles. The minimum absolute atomic E-state index is 0.0933. The van der Waals surface area contributed by atoms with Crippen molar-refractivity contribution < 1.29 is 22.7 Å². The van der Waals surface area contributed by atoms with Gasteiger partial charge in [-0.2, -0.15) is 18.3 Å². The molecule has 0 spiro atoms. The zero-order valence-electron chi connectivity index (χ0n) is 12.4. The SMILES string of the molecule is O=c1c(C(F)(F)F)cc(C2CC2)nn1CC(O)c1cccc(F)c1. The van der Waals surface area contributed by atoms with Gasteiger partial charge in [-0.15, -0.1) is 0 Å². The average molecular weight is 342 g/mol. The second kappa shape index (κ2) is 6.01. The zero-order chi connectivity index (χ0) is 17.5. The molecule has 0 amide bonds. The van der Waals surface area contributed by atoms with Crippen LogP contribution in [-0.2, 0) is 12.7 Å². The van der Waals surface area contributed by atoms with Crippen molar-refractivity contribution in [3.05, 3.63) is 63.3 Å². The Morgan fingerprint density at radius 1 is 1.29 bits per heavy atom. The number of rotatable bonds is 4. The lowest BCUT2D eigenvalue weighted by molar-refractivity contribution is -0.139. The summed E-state index contributed by atoms with van der Waals surface area (Å²) in [6.45, 7) is -0.480. The first-order chi connectivity index (χ1) is 11.3. The summed E-state index contributed by atoms with van der Waals surface area (Å²) in [5, 5.41) is 14.1. The quantitative estimate of drug-likeness (QED) is 0.869. The van der Waals surface area contributed by atoms with Crippen LogP contribution in [0.3, 0.4) is 0 Å². The van der Waals surface area contributed by atoms with Crippen LogP contribution in [-0.4, -0.2) is 14.9 Å². The van der Waals surface area contributed by atoms with E-state index in [4.69, 9.17) is 0 Å². The van der Waals surface area contributed by atoms with E-state index in [2.05, 4.69) is 5.10 Å². The number of aromatic nitrogens is 2. The fourth-order valence-electron chi connectivity index (χ4n) is 2.45. The van der Waals surface area contributed by atoms with Gasteiger partial charge >= 0.3 is 6.18 Å². The summed E-state index contributed by atoms with van der Waals surface area (Å²) in [4.78, 5) is 12.0. The van der Waals surface area contributed by atoms with Crippen molar-refractivity contribution in [1.29, 1.82) is 0 Å². The molecular weight excluding hydrogens is 328 g/mol. The Morgan fingerprint density at radius 3 is 2.58 bits per heavy atom. The fourth-order valence-corrected chi connectivity index (χ4v) is 2.45. The molecule has 1 aliphatic rings. The molecule has 8 heteroatoms. The molecule has 1 saturated carbocycles. The van der Waals surface area contributed by atoms with Crippen LogP contribution in [0.1, 0.15) is 41.7 Å². The van der Waals surface area contributed by atoms with Gasteiger partial charge in [0.15, 0.2) is 0 Å². The molecule has 128 valence electrons. The van der Waals surface area contributed by atoms with Gasteiger partial charge in [-0.3, -0.25) is 4.79 Å². The van der Waals surface area contributed by atoms with Crippen LogP contribution in [0, 0.1) is 5.82 Å². The highest BCUT2D eigenvalue weighted by molar-refractivity contribution is 5.23. The average Bonchev–Trinajstić information content (AvgIpc) is 3.32. The summed E-state index contributed by atoms with van der Waals surface area (Å²) in [5.74, 6) is -0.682. The van der Waals surface area contributed by atoms with Crippen LogP contribution in [0.5, 0.6) is 0 Å². The standard InChI is InChI=1S/C16H14F4N2O2/c17-11-3-1-2-10(6-11)14(23)8-22-15(24)12(16(18,19)20)7-13(21-22)9-4-5-9/h1-3,6-7,9,14,23H,4-5,8H2. The molecule has 1 heterocycles. The van der Waals surface area contributed by atoms with E-state index < -0.39 is 35.8 Å². The Labute approximate surface area is 134 Å². The summed E-state index contributed by atoms with van der Waals surface area (Å²) >= 11 is 0. The van der Waals surface area contributed by atoms with Crippen LogP contribution in [0.2, 0.25) is 0 Å². The maximum atomic E-state index is 13.2. The third kappa shape index (κ3) is 3.48. The first kappa shape index (κ1) is 16.6. The lowest BCUT2D eigenvalue weighted by atomic mass is 10.1. The molecule has 1 atom stereocenters. The van der Waals surface area contributed by atoms with E-state index in [0.717, 1.165) is 25.0 Å². The maximum Gasteiger partial charge on any atom is 0.421 e. The van der Waals surface area contributed by atoms with Gasteiger partial charge in [0, 0.05) is 5.92 Å². The van der Waals surface area contributed by atoms with Crippen LogP contribution < -0.4 is 5.56 Å². The molecule has 2 aromatic rings. The smallest absolute Gasteiger partial charge is 0.386 e. The van der Waals surface area contributed by atoms with Crippen molar-refractivity contribution in [1.82, 2.24) is 9.78 Å². The molecule has 3 rings (SSSR count). The lowest BCUT2D eigenvalue weighted by Crippen LogP contribution is -2.33. The van der Waals surface area contributed by atoms with E-state index in [-0.39, 0.29) is 17.2 Å². The van der Waals surface area contributed by atoms with Gasteiger partial charge < -0.3 is 5.11 Å². The molecular formula is C16H14F4N2O2. The number of aliphatic hydroxyl groups is 1. The Balaban J connectivity index is 1.97. The lowest BCUT2D eigenvalue weighted by Gasteiger charge is -2.15. The number of nitrogens with zero attached hydrogens (tertiary/aromatic N) is 2. The third-order valence-corrected chi connectivity index (χ3v) is 3.87. The molecule has 4 nitrogen and oxygen atoms in total. The Hall–Kier alpha value is -2.22. The predicted octanol–water partition coefficient (Wildman–Crippen LogP) is 3.01. The highest BCUT2D eigenvalue weighted by atomic mass is 19.4. The molecule has 0 bridgehead atoms. The zero-order valence-corrected chi connectivity index (χ0v) is 12.4. The van der Waals surface area contributed by atoms with E-state index in [9.17, 15) is 27.5 Å². The monoisotopic (exact) mass is 342 g/mol. The molecule has 1 unspecified atom stereocenters. The van der Waals surface area contributed by atoms with Crippen molar-refractivity contribution in [2.24, 2.45) is 0 Å². The third-order valence-electron chi connectivity index (χ3n) is 3.87. The maximum absolute atomic E-state index is 13.2. The van der Waals surface area contributed by atoms with Gasteiger partial charge in [-0.25, -0.2) is 9.07 Å². The number of halogens is 4. The summed E-state index contributed by atoms with van der Waals surface area (Å²) in [5.41, 5.74) is -2.27. The highest BCUT2D eigenvalue weighted by Crippen LogP contribution is 2.40. The number of benzene rings is 1. The summed E-state index contributed by atoms with van der Waals surface area (Å²) in [7, 11) is 0.